The van der Waals surface area contributed by atoms with Gasteiger partial charge in [0.15, 0.2) is 11.0 Å². The Hall–Kier alpha value is -2.80. The number of benzene rings is 1. The van der Waals surface area contributed by atoms with E-state index in [1.165, 1.54) is 0 Å². The Labute approximate surface area is 180 Å². The van der Waals surface area contributed by atoms with Crippen LogP contribution in [0.1, 0.15) is 60.2 Å². The lowest BCUT2D eigenvalue weighted by Crippen LogP contribution is -2.15. The minimum absolute atomic E-state index is 0.0759. The first-order chi connectivity index (χ1) is 14.3. The van der Waals surface area contributed by atoms with Gasteiger partial charge in [-0.05, 0) is 31.9 Å². The number of aromatic nitrogens is 3. The summed E-state index contributed by atoms with van der Waals surface area (Å²) in [7, 11) is 0. The molecule has 0 saturated carbocycles. The van der Waals surface area contributed by atoms with Gasteiger partial charge in [-0.2, -0.15) is 0 Å². The molecule has 0 aliphatic carbocycles. The number of carbonyl (C=O) groups excluding carboxylic acids is 1. The third kappa shape index (κ3) is 3.27. The van der Waals surface area contributed by atoms with E-state index in [4.69, 9.17) is 22.1 Å². The second-order valence-electron chi connectivity index (χ2n) is 7.80. The van der Waals surface area contributed by atoms with Gasteiger partial charge >= 0.3 is 0 Å². The van der Waals surface area contributed by atoms with E-state index < -0.39 is 0 Å². The minimum atomic E-state index is -0.114. The molecule has 0 bridgehead atoms. The number of anilines is 1. The fourth-order valence-corrected chi connectivity index (χ4v) is 4.63. The number of rotatable bonds is 5. The largest absolute Gasteiger partial charge is 0.493 e. The molecule has 8 heteroatoms. The Morgan fingerprint density at radius 1 is 1.43 bits per heavy atom. The number of amides is 1. The van der Waals surface area contributed by atoms with Gasteiger partial charge in [0.05, 0.1) is 6.61 Å². The van der Waals surface area contributed by atoms with Gasteiger partial charge in [0.1, 0.15) is 17.1 Å². The van der Waals surface area contributed by atoms with Crippen molar-refractivity contribution < 1.29 is 9.53 Å². The number of hydrogen-bond donors (Lipinski definition) is 2. The fraction of sp³-hybridized carbons (Fsp3) is 0.409. The molecular weight excluding hydrogens is 402 g/mol. The molecule has 3 heterocycles. The summed E-state index contributed by atoms with van der Waals surface area (Å²) in [4.78, 5) is 20.7. The number of nitrogens with two attached hydrogens (primary N) is 1. The van der Waals surface area contributed by atoms with Gasteiger partial charge in [-0.3, -0.25) is 9.20 Å². The van der Waals surface area contributed by atoms with E-state index >= 15 is 0 Å². The van der Waals surface area contributed by atoms with E-state index in [2.05, 4.69) is 42.1 Å². The number of fused-ring (bicyclic) bond motifs is 1. The van der Waals surface area contributed by atoms with Gasteiger partial charge in [0, 0.05) is 48.3 Å². The number of halogens is 1. The van der Waals surface area contributed by atoms with Crippen LogP contribution in [0.15, 0.2) is 18.5 Å². The van der Waals surface area contributed by atoms with Crippen LogP contribution in [0, 0.1) is 13.8 Å². The molecule has 0 spiro atoms. The number of aryl methyl sites for hydroxylation is 1. The Kier molecular flexibility index (Phi) is 5.32. The average molecular weight is 428 g/mol. The zero-order chi connectivity index (χ0) is 21.6. The van der Waals surface area contributed by atoms with E-state index in [0.29, 0.717) is 36.1 Å². The smallest absolute Gasteiger partial charge is 0.220 e. The van der Waals surface area contributed by atoms with Crippen molar-refractivity contribution in [3.05, 3.63) is 51.7 Å². The van der Waals surface area contributed by atoms with Crippen molar-refractivity contribution in [2.45, 2.75) is 46.0 Å². The predicted molar refractivity (Wildman–Crippen MR) is 117 cm³/mol. The van der Waals surface area contributed by atoms with Crippen LogP contribution in [0.25, 0.3) is 5.52 Å². The maximum Gasteiger partial charge on any atom is 0.220 e. The van der Waals surface area contributed by atoms with Gasteiger partial charge in [0.25, 0.3) is 0 Å². The molecule has 3 aromatic rings. The summed E-state index contributed by atoms with van der Waals surface area (Å²) in [6.45, 7) is 9.39. The Bertz CT molecular complexity index is 1140. The Morgan fingerprint density at radius 3 is 2.87 bits per heavy atom. The highest BCUT2D eigenvalue weighted by Crippen LogP contribution is 2.43. The van der Waals surface area contributed by atoms with Crippen LogP contribution in [-0.4, -0.2) is 33.4 Å². The van der Waals surface area contributed by atoms with Crippen LogP contribution < -0.4 is 15.8 Å². The van der Waals surface area contributed by atoms with Crippen molar-refractivity contribution in [1.82, 2.24) is 19.7 Å². The lowest BCUT2D eigenvalue weighted by molar-refractivity contribution is -0.119. The summed E-state index contributed by atoms with van der Waals surface area (Å²) in [5.41, 5.74) is 11.1. The van der Waals surface area contributed by atoms with Gasteiger partial charge in [-0.25, -0.2) is 9.97 Å². The van der Waals surface area contributed by atoms with Crippen LogP contribution in [0.3, 0.4) is 0 Å². The first-order valence-corrected chi connectivity index (χ1v) is 10.5. The summed E-state index contributed by atoms with van der Waals surface area (Å²) >= 11 is 6.39. The molecule has 158 valence electrons. The first-order valence-electron chi connectivity index (χ1n) is 10.1. The molecule has 30 heavy (non-hydrogen) atoms. The van der Waals surface area contributed by atoms with Crippen molar-refractivity contribution in [3.8, 4) is 5.75 Å². The number of nitrogens with one attached hydrogen (secondary N) is 1. The highest BCUT2D eigenvalue weighted by atomic mass is 35.5. The minimum Gasteiger partial charge on any atom is -0.493 e. The quantitative estimate of drug-likeness (QED) is 0.646. The molecule has 1 aliphatic heterocycles. The Morgan fingerprint density at radius 2 is 2.20 bits per heavy atom. The number of hydrogen-bond acceptors (Lipinski definition) is 5. The summed E-state index contributed by atoms with van der Waals surface area (Å²) in [5.74, 6) is 1.99. The number of carbonyl (C=O) groups is 1. The maximum absolute atomic E-state index is 11.9. The molecule has 1 aromatic carbocycles. The normalized spacial score (nSPS) is 17.4. The molecule has 2 aromatic heterocycles. The zero-order valence-corrected chi connectivity index (χ0v) is 18.4. The van der Waals surface area contributed by atoms with Gasteiger partial charge in [-0.1, -0.05) is 24.6 Å². The number of nitrogen functional groups attached to an aromatic ring is 1. The second kappa shape index (κ2) is 7.80. The number of ether oxygens (including phenoxy) is 1. The molecule has 1 saturated heterocycles. The molecule has 1 aliphatic rings. The Balaban J connectivity index is 1.91. The fourth-order valence-electron chi connectivity index (χ4n) is 4.36. The molecule has 1 fully saturated rings. The highest BCUT2D eigenvalue weighted by Gasteiger charge is 2.31. The summed E-state index contributed by atoms with van der Waals surface area (Å²) in [5, 5.41) is 3.28. The van der Waals surface area contributed by atoms with E-state index in [9.17, 15) is 4.79 Å². The van der Waals surface area contributed by atoms with Crippen LogP contribution in [0.4, 0.5) is 5.82 Å². The number of imidazole rings is 1. The van der Waals surface area contributed by atoms with Gasteiger partial charge in [-0.15, -0.1) is 0 Å². The summed E-state index contributed by atoms with van der Waals surface area (Å²) in [6.07, 6.45) is 3.93. The van der Waals surface area contributed by atoms with E-state index in [-0.39, 0.29) is 17.7 Å². The van der Waals surface area contributed by atoms with Crippen molar-refractivity contribution in [2.75, 3.05) is 18.9 Å². The molecule has 4 rings (SSSR count). The monoisotopic (exact) mass is 427 g/mol. The van der Waals surface area contributed by atoms with Crippen LogP contribution in [-0.2, 0) is 4.79 Å². The first kappa shape index (κ1) is 20.5. The van der Waals surface area contributed by atoms with Crippen molar-refractivity contribution >= 4 is 28.8 Å². The van der Waals surface area contributed by atoms with Gasteiger partial charge < -0.3 is 15.8 Å². The van der Waals surface area contributed by atoms with Crippen LogP contribution >= 0.6 is 11.6 Å². The van der Waals surface area contributed by atoms with Crippen molar-refractivity contribution in [3.63, 3.8) is 0 Å². The van der Waals surface area contributed by atoms with Crippen molar-refractivity contribution in [1.29, 1.82) is 0 Å². The van der Waals surface area contributed by atoms with E-state index in [1.807, 2.05) is 17.5 Å². The van der Waals surface area contributed by atoms with E-state index in [1.54, 1.807) is 6.20 Å². The van der Waals surface area contributed by atoms with Crippen molar-refractivity contribution in [2.24, 2.45) is 0 Å². The number of nitrogens with zero attached hydrogens (tertiary/aromatic N) is 3. The molecule has 2 atom stereocenters. The predicted octanol–water partition coefficient (Wildman–Crippen LogP) is 3.74. The zero-order valence-electron chi connectivity index (χ0n) is 17.6. The summed E-state index contributed by atoms with van der Waals surface area (Å²) < 4.78 is 8.08. The third-order valence-corrected chi connectivity index (χ3v) is 6.23. The maximum atomic E-state index is 11.9. The molecule has 2 unspecified atom stereocenters. The third-order valence-electron chi connectivity index (χ3n) is 5.97. The lowest BCUT2D eigenvalue weighted by atomic mass is 9.85. The summed E-state index contributed by atoms with van der Waals surface area (Å²) in [6, 6.07) is 2.15. The average Bonchev–Trinajstić information content (AvgIpc) is 3.28. The molecule has 7 nitrogen and oxygen atoms in total. The van der Waals surface area contributed by atoms with Gasteiger partial charge in [0.2, 0.25) is 5.91 Å². The highest BCUT2D eigenvalue weighted by molar-refractivity contribution is 6.33. The molecule has 0 radical (unpaired) electrons. The molecule has 3 N–H and O–H groups in total. The molecule has 1 amide bonds. The molecular formula is C22H26ClN5O2. The SMILES string of the molecule is CCOc1c(C(C)c2nc(Cl)c3c(N)nccn23)cc(C)c(C)c1C1CNC(=O)C1. The second-order valence-corrected chi connectivity index (χ2v) is 8.16. The topological polar surface area (TPSA) is 94.5 Å². The van der Waals surface area contributed by atoms with Crippen LogP contribution in [0.2, 0.25) is 5.15 Å². The lowest BCUT2D eigenvalue weighted by Gasteiger charge is -2.25. The van der Waals surface area contributed by atoms with Crippen LogP contribution in [0.5, 0.6) is 5.75 Å². The van der Waals surface area contributed by atoms with E-state index in [0.717, 1.165) is 33.8 Å². The standard InChI is InChI=1S/C22H26ClN5O2/c1-5-30-19-15(8-11(2)12(3)17(19)14-9-16(29)26-10-14)13(4)22-27-20(23)18-21(24)25-6-7-28(18)22/h6-8,13-14H,5,9-10H2,1-4H3,(H2,24,25)(H,26,29).